The molecule has 2 heterocycles. The molecule has 1 unspecified atom stereocenters. The average molecular weight is 521 g/mol. The molecule has 0 saturated carbocycles. The largest absolute Gasteiger partial charge is 0.445 e. The predicted octanol–water partition coefficient (Wildman–Crippen LogP) is 4.16. The molecule has 2 atom stereocenters. The summed E-state index contributed by atoms with van der Waals surface area (Å²) in [5, 5.41) is 5.94. The number of ether oxygens (including phenoxy) is 2. The summed E-state index contributed by atoms with van der Waals surface area (Å²) in [4.78, 5) is 42.1. The lowest BCUT2D eigenvalue weighted by Gasteiger charge is -2.42. The molecule has 2 aliphatic rings. The van der Waals surface area contributed by atoms with Crippen molar-refractivity contribution >= 4 is 23.8 Å². The number of fused-ring (bicyclic) bond motifs is 4. The van der Waals surface area contributed by atoms with Crippen molar-refractivity contribution in [3.05, 3.63) is 77.9 Å². The lowest BCUT2D eigenvalue weighted by Crippen LogP contribution is -2.60. The third kappa shape index (κ3) is 7.27. The summed E-state index contributed by atoms with van der Waals surface area (Å²) in [5.41, 5.74) is 2.04. The van der Waals surface area contributed by atoms with E-state index in [1.807, 2.05) is 92.4 Å². The van der Waals surface area contributed by atoms with E-state index in [9.17, 15) is 14.4 Å². The lowest BCUT2D eigenvalue weighted by atomic mass is 10.0. The molecule has 4 rings (SSSR count). The number of nitrogens with zero attached hydrogens (tertiary/aromatic N) is 2. The van der Waals surface area contributed by atoms with E-state index in [1.54, 1.807) is 4.90 Å². The number of piperazine rings is 1. The second-order valence-electron chi connectivity index (χ2n) is 10.4. The summed E-state index contributed by atoms with van der Waals surface area (Å²) >= 11 is 0. The first-order valence-electron chi connectivity index (χ1n) is 12.9. The fourth-order valence-corrected chi connectivity index (χ4v) is 4.51. The van der Waals surface area contributed by atoms with Crippen LogP contribution in [0.25, 0.3) is 0 Å². The molecule has 202 valence electrons. The van der Waals surface area contributed by atoms with Crippen LogP contribution in [0.1, 0.15) is 44.4 Å². The minimum absolute atomic E-state index is 0.159. The monoisotopic (exact) mass is 520 g/mol. The molecule has 3 amide bonds. The van der Waals surface area contributed by atoms with E-state index < -0.39 is 23.8 Å². The average Bonchev–Trinajstić information content (AvgIpc) is 2.90. The van der Waals surface area contributed by atoms with Crippen molar-refractivity contribution in [2.45, 2.75) is 51.5 Å². The number of alkyl carbamates (subject to hydrolysis) is 1. The van der Waals surface area contributed by atoms with Gasteiger partial charge in [0.2, 0.25) is 5.91 Å². The van der Waals surface area contributed by atoms with Gasteiger partial charge in [-0.2, -0.15) is 0 Å². The van der Waals surface area contributed by atoms with Crippen LogP contribution < -0.4 is 15.5 Å². The minimum atomic E-state index is -0.619. The molecule has 2 N–H and O–H groups in total. The third-order valence-electron chi connectivity index (χ3n) is 6.38. The zero-order valence-corrected chi connectivity index (χ0v) is 22.2. The molecule has 0 spiro atoms. The van der Waals surface area contributed by atoms with Gasteiger partial charge in [-0.25, -0.2) is 9.59 Å². The van der Waals surface area contributed by atoms with Gasteiger partial charge < -0.3 is 29.9 Å². The number of carbonyl (C=O) groups excluding carboxylic acids is 3. The molecule has 2 bridgehead atoms. The van der Waals surface area contributed by atoms with Gasteiger partial charge in [-0.15, -0.1) is 0 Å². The van der Waals surface area contributed by atoms with E-state index in [4.69, 9.17) is 9.47 Å². The first kappa shape index (κ1) is 27.0. The normalized spacial score (nSPS) is 20.7. The number of rotatable bonds is 3. The van der Waals surface area contributed by atoms with Crippen LogP contribution in [-0.4, -0.2) is 60.8 Å². The van der Waals surface area contributed by atoms with E-state index in [-0.39, 0.29) is 25.1 Å². The highest BCUT2D eigenvalue weighted by molar-refractivity contribution is 5.87. The first-order chi connectivity index (χ1) is 18.2. The van der Waals surface area contributed by atoms with Gasteiger partial charge in [-0.05, 0) is 50.5 Å². The van der Waals surface area contributed by atoms with Crippen LogP contribution in [0, 0.1) is 0 Å². The second kappa shape index (κ2) is 12.0. The van der Waals surface area contributed by atoms with E-state index >= 15 is 0 Å². The van der Waals surface area contributed by atoms with Crippen molar-refractivity contribution in [2.24, 2.45) is 0 Å². The van der Waals surface area contributed by atoms with Crippen LogP contribution in [0.5, 0.6) is 0 Å². The highest BCUT2D eigenvalue weighted by Gasteiger charge is 2.36. The summed E-state index contributed by atoms with van der Waals surface area (Å²) in [6, 6.07) is 16.4. The Bertz CT molecular complexity index is 1160. The van der Waals surface area contributed by atoms with Crippen molar-refractivity contribution < 1.29 is 23.9 Å². The molecule has 9 nitrogen and oxygen atoms in total. The van der Waals surface area contributed by atoms with Crippen LogP contribution in [-0.2, 0) is 20.9 Å². The summed E-state index contributed by atoms with van der Waals surface area (Å²) < 4.78 is 11.0. The maximum absolute atomic E-state index is 13.2. The topological polar surface area (TPSA) is 100 Å². The van der Waals surface area contributed by atoms with Crippen molar-refractivity contribution in [1.29, 1.82) is 0 Å². The lowest BCUT2D eigenvalue weighted by molar-refractivity contribution is -0.123. The smallest absolute Gasteiger partial charge is 0.410 e. The fourth-order valence-electron chi connectivity index (χ4n) is 4.51. The van der Waals surface area contributed by atoms with E-state index in [2.05, 4.69) is 10.6 Å². The minimum Gasteiger partial charge on any atom is -0.445 e. The van der Waals surface area contributed by atoms with Gasteiger partial charge in [0.15, 0.2) is 0 Å². The molecule has 2 aliphatic heterocycles. The Balaban J connectivity index is 1.52. The Hall–Kier alpha value is -4.01. The molecular weight excluding hydrogens is 484 g/mol. The number of hydrogen-bond acceptors (Lipinski definition) is 6. The predicted molar refractivity (Wildman–Crippen MR) is 145 cm³/mol. The number of carbonyl (C=O) groups is 3. The van der Waals surface area contributed by atoms with Crippen molar-refractivity contribution in [1.82, 2.24) is 15.5 Å². The van der Waals surface area contributed by atoms with Crippen LogP contribution >= 0.6 is 0 Å². The van der Waals surface area contributed by atoms with Gasteiger partial charge in [0.1, 0.15) is 18.2 Å². The Kier molecular flexibility index (Phi) is 8.55. The molecule has 2 aromatic rings. The highest BCUT2D eigenvalue weighted by atomic mass is 16.6. The van der Waals surface area contributed by atoms with Crippen molar-refractivity contribution in [2.75, 3.05) is 31.1 Å². The maximum Gasteiger partial charge on any atom is 0.410 e. The molecule has 1 fully saturated rings. The van der Waals surface area contributed by atoms with Crippen LogP contribution in [0.4, 0.5) is 15.3 Å². The molecule has 0 radical (unpaired) electrons. The third-order valence-corrected chi connectivity index (χ3v) is 6.38. The van der Waals surface area contributed by atoms with Crippen LogP contribution in [0.3, 0.4) is 0 Å². The summed E-state index contributed by atoms with van der Waals surface area (Å²) in [5.74, 6) is -0.159. The Morgan fingerprint density at radius 1 is 1.05 bits per heavy atom. The van der Waals surface area contributed by atoms with Crippen molar-refractivity contribution in [3.63, 3.8) is 0 Å². The van der Waals surface area contributed by atoms with Gasteiger partial charge in [0, 0.05) is 25.3 Å². The molecule has 0 aromatic heterocycles. The molecule has 38 heavy (non-hydrogen) atoms. The Labute approximate surface area is 223 Å². The molecule has 1 saturated heterocycles. The van der Waals surface area contributed by atoms with Gasteiger partial charge in [0.05, 0.1) is 12.6 Å². The van der Waals surface area contributed by atoms with Gasteiger partial charge in [-0.3, -0.25) is 4.79 Å². The van der Waals surface area contributed by atoms with E-state index in [1.165, 1.54) is 0 Å². The SMILES string of the molecule is CC(C)(C)OC(=O)N1CCN2c3cccc(c3)C(NC(=O)OCc3ccccc3)C/C=C/CNC(=O)[C@H]2C1. The zero-order valence-electron chi connectivity index (χ0n) is 22.2. The number of nitrogens with one attached hydrogen (secondary N) is 2. The van der Waals surface area contributed by atoms with Crippen LogP contribution in [0.15, 0.2) is 66.7 Å². The first-order valence-corrected chi connectivity index (χ1v) is 12.9. The van der Waals surface area contributed by atoms with E-state index in [0.29, 0.717) is 26.1 Å². The van der Waals surface area contributed by atoms with Gasteiger partial charge >= 0.3 is 12.2 Å². The molecule has 0 aliphatic carbocycles. The highest BCUT2D eigenvalue weighted by Crippen LogP contribution is 2.27. The van der Waals surface area contributed by atoms with Gasteiger partial charge in [-0.1, -0.05) is 54.6 Å². The summed E-state index contributed by atoms with van der Waals surface area (Å²) in [6.07, 6.45) is 3.41. The number of anilines is 1. The second-order valence-corrected chi connectivity index (χ2v) is 10.4. The Morgan fingerprint density at radius 2 is 1.84 bits per heavy atom. The van der Waals surface area contributed by atoms with Crippen molar-refractivity contribution in [3.8, 4) is 0 Å². The zero-order chi connectivity index (χ0) is 27.1. The number of hydrogen-bond donors (Lipinski definition) is 2. The summed E-state index contributed by atoms with van der Waals surface area (Å²) in [6.45, 7) is 7.10. The van der Waals surface area contributed by atoms with Gasteiger partial charge in [0.25, 0.3) is 0 Å². The van der Waals surface area contributed by atoms with Crippen LogP contribution in [0.2, 0.25) is 0 Å². The number of benzene rings is 2. The maximum atomic E-state index is 13.2. The Morgan fingerprint density at radius 3 is 2.61 bits per heavy atom. The number of amides is 3. The molecule has 2 aromatic carbocycles. The molecule has 9 heteroatoms. The summed E-state index contributed by atoms with van der Waals surface area (Å²) in [7, 11) is 0. The fraction of sp³-hybridized carbons (Fsp3) is 0.414. The standard InChI is InChI=1S/C29H36N4O5/c1-29(2,3)38-28(36)32-16-17-33-23-13-9-12-22(18-23)24(14-7-8-15-30-26(34)25(33)19-32)31-27(35)37-20-21-10-5-4-6-11-21/h4-13,18,24-25H,14-17,19-20H2,1-3H3,(H,30,34)(H,31,35)/b8-7+/t24?,25-/m1/s1. The molecular formula is C29H36N4O5. The van der Waals surface area contributed by atoms with E-state index in [0.717, 1.165) is 16.8 Å². The quantitative estimate of drug-likeness (QED) is 0.590.